The minimum Gasteiger partial charge on any atom is -0.298 e. The van der Waals surface area contributed by atoms with Crippen molar-refractivity contribution in [1.82, 2.24) is 4.98 Å². The third-order valence-corrected chi connectivity index (χ3v) is 4.57. The van der Waals surface area contributed by atoms with Crippen molar-refractivity contribution in [3.8, 4) is 0 Å². The molecule has 2 aromatic rings. The number of nitrogens with one attached hydrogen (secondary N) is 1. The lowest BCUT2D eigenvalue weighted by molar-refractivity contribution is 0.102. The number of hydrogen-bond acceptors (Lipinski definition) is 3. The number of carbonyl (C=O) groups excluding carboxylic acids is 1. The van der Waals surface area contributed by atoms with Gasteiger partial charge in [0.2, 0.25) is 0 Å². The third kappa shape index (κ3) is 3.10. The standard InChI is InChI=1S/C15H14F2N2OS/c1-8-2-3-12-13(4-8)21-15(18-12)19-14(20)9-5-10(16)7-11(17)6-9/h5-8H,2-4H2,1H3,(H,18,19,20). The smallest absolute Gasteiger partial charge is 0.257 e. The van der Waals surface area contributed by atoms with Crippen molar-refractivity contribution in [2.75, 3.05) is 5.32 Å². The van der Waals surface area contributed by atoms with Crippen LogP contribution in [0.25, 0.3) is 0 Å². The number of anilines is 1. The second-order valence-electron chi connectivity index (χ2n) is 5.35. The fourth-order valence-corrected chi connectivity index (χ4v) is 3.61. The van der Waals surface area contributed by atoms with Gasteiger partial charge in [-0.05, 0) is 37.3 Å². The van der Waals surface area contributed by atoms with E-state index < -0.39 is 17.5 Å². The summed E-state index contributed by atoms with van der Waals surface area (Å²) in [5.74, 6) is -1.47. The predicted molar refractivity (Wildman–Crippen MR) is 77.6 cm³/mol. The summed E-state index contributed by atoms with van der Waals surface area (Å²) in [7, 11) is 0. The normalized spacial score (nSPS) is 17.4. The number of aromatic nitrogens is 1. The van der Waals surface area contributed by atoms with Crippen LogP contribution in [0.2, 0.25) is 0 Å². The first-order valence-electron chi connectivity index (χ1n) is 6.77. The molecular weight excluding hydrogens is 294 g/mol. The molecule has 0 aliphatic heterocycles. The van der Waals surface area contributed by atoms with Gasteiger partial charge in [-0.1, -0.05) is 6.92 Å². The number of benzene rings is 1. The lowest BCUT2D eigenvalue weighted by Gasteiger charge is -2.15. The lowest BCUT2D eigenvalue weighted by Crippen LogP contribution is -2.12. The Morgan fingerprint density at radius 3 is 2.76 bits per heavy atom. The molecule has 0 bridgehead atoms. The molecule has 1 atom stereocenters. The zero-order valence-electron chi connectivity index (χ0n) is 11.5. The Labute approximate surface area is 125 Å². The van der Waals surface area contributed by atoms with Gasteiger partial charge in [-0.25, -0.2) is 13.8 Å². The molecule has 1 aromatic heterocycles. The summed E-state index contributed by atoms with van der Waals surface area (Å²) in [5.41, 5.74) is 0.980. The molecule has 1 aromatic carbocycles. The van der Waals surface area contributed by atoms with Crippen molar-refractivity contribution >= 4 is 22.4 Å². The van der Waals surface area contributed by atoms with Crippen LogP contribution in [-0.4, -0.2) is 10.9 Å². The van der Waals surface area contributed by atoms with Crippen LogP contribution in [-0.2, 0) is 12.8 Å². The summed E-state index contributed by atoms with van der Waals surface area (Å²) in [5, 5.41) is 3.11. The van der Waals surface area contributed by atoms with Crippen molar-refractivity contribution in [3.05, 3.63) is 46.0 Å². The van der Waals surface area contributed by atoms with E-state index >= 15 is 0 Å². The van der Waals surface area contributed by atoms with Gasteiger partial charge in [0, 0.05) is 16.5 Å². The largest absolute Gasteiger partial charge is 0.298 e. The molecule has 0 saturated carbocycles. The predicted octanol–water partition coefficient (Wildman–Crippen LogP) is 3.80. The number of amides is 1. The van der Waals surface area contributed by atoms with Crippen LogP contribution < -0.4 is 5.32 Å². The Hall–Kier alpha value is -1.82. The first-order chi connectivity index (χ1) is 10.0. The van der Waals surface area contributed by atoms with Gasteiger partial charge in [-0.15, -0.1) is 11.3 Å². The van der Waals surface area contributed by atoms with Crippen LogP contribution in [0.5, 0.6) is 0 Å². The van der Waals surface area contributed by atoms with Crippen molar-refractivity contribution in [3.63, 3.8) is 0 Å². The Morgan fingerprint density at radius 2 is 2.05 bits per heavy atom. The molecule has 1 N–H and O–H groups in total. The highest BCUT2D eigenvalue weighted by molar-refractivity contribution is 7.15. The van der Waals surface area contributed by atoms with Gasteiger partial charge in [-0.3, -0.25) is 10.1 Å². The van der Waals surface area contributed by atoms with Crippen LogP contribution in [0.3, 0.4) is 0 Å². The monoisotopic (exact) mass is 308 g/mol. The molecule has 3 rings (SSSR count). The van der Waals surface area contributed by atoms with Gasteiger partial charge < -0.3 is 0 Å². The van der Waals surface area contributed by atoms with Gasteiger partial charge in [0.25, 0.3) is 5.91 Å². The number of halogens is 2. The fourth-order valence-electron chi connectivity index (χ4n) is 2.45. The van der Waals surface area contributed by atoms with E-state index in [-0.39, 0.29) is 5.56 Å². The van der Waals surface area contributed by atoms with E-state index in [1.807, 2.05) is 0 Å². The van der Waals surface area contributed by atoms with Gasteiger partial charge in [-0.2, -0.15) is 0 Å². The van der Waals surface area contributed by atoms with E-state index in [0.717, 1.165) is 43.2 Å². The molecule has 3 nitrogen and oxygen atoms in total. The molecule has 1 aliphatic carbocycles. The van der Waals surface area contributed by atoms with Crippen molar-refractivity contribution in [1.29, 1.82) is 0 Å². The molecular formula is C15H14F2N2OS. The maximum Gasteiger partial charge on any atom is 0.257 e. The van der Waals surface area contributed by atoms with Crippen molar-refractivity contribution in [2.45, 2.75) is 26.2 Å². The van der Waals surface area contributed by atoms with Gasteiger partial charge in [0.15, 0.2) is 5.13 Å². The Balaban J connectivity index is 1.79. The van der Waals surface area contributed by atoms with E-state index in [4.69, 9.17) is 0 Å². The molecule has 1 amide bonds. The number of fused-ring (bicyclic) bond motifs is 1. The summed E-state index contributed by atoms with van der Waals surface area (Å²) in [4.78, 5) is 17.6. The molecule has 1 aliphatic rings. The molecule has 6 heteroatoms. The van der Waals surface area contributed by atoms with E-state index in [9.17, 15) is 13.6 Å². The second kappa shape index (κ2) is 5.52. The zero-order valence-corrected chi connectivity index (χ0v) is 12.3. The average Bonchev–Trinajstić information content (AvgIpc) is 2.78. The SMILES string of the molecule is CC1CCc2nc(NC(=O)c3cc(F)cc(F)c3)sc2C1. The first kappa shape index (κ1) is 14.1. The van der Waals surface area contributed by atoms with Crippen molar-refractivity contribution < 1.29 is 13.6 Å². The molecule has 1 unspecified atom stereocenters. The fraction of sp³-hybridized carbons (Fsp3) is 0.333. The number of thiazole rings is 1. The number of rotatable bonds is 2. The van der Waals surface area contributed by atoms with E-state index in [1.54, 1.807) is 0 Å². The van der Waals surface area contributed by atoms with E-state index in [1.165, 1.54) is 16.2 Å². The van der Waals surface area contributed by atoms with E-state index in [2.05, 4.69) is 17.2 Å². The van der Waals surface area contributed by atoms with Gasteiger partial charge in [0.1, 0.15) is 11.6 Å². The maximum absolute atomic E-state index is 13.1. The highest BCUT2D eigenvalue weighted by Crippen LogP contribution is 2.32. The minimum absolute atomic E-state index is 0.0472. The zero-order chi connectivity index (χ0) is 15.0. The molecule has 110 valence electrons. The van der Waals surface area contributed by atoms with Crippen LogP contribution in [0, 0.1) is 17.6 Å². The molecule has 0 saturated heterocycles. The van der Waals surface area contributed by atoms with Crippen LogP contribution in [0.4, 0.5) is 13.9 Å². The first-order valence-corrected chi connectivity index (χ1v) is 7.59. The van der Waals surface area contributed by atoms with Crippen LogP contribution >= 0.6 is 11.3 Å². The summed E-state index contributed by atoms with van der Waals surface area (Å²) in [6.45, 7) is 2.19. The Morgan fingerprint density at radius 1 is 1.33 bits per heavy atom. The Bertz CT molecular complexity index is 679. The highest BCUT2D eigenvalue weighted by Gasteiger charge is 2.20. The highest BCUT2D eigenvalue weighted by atomic mass is 32.1. The van der Waals surface area contributed by atoms with Gasteiger partial charge in [0.05, 0.1) is 5.69 Å². The van der Waals surface area contributed by atoms with Crippen LogP contribution in [0.1, 0.15) is 34.3 Å². The van der Waals surface area contributed by atoms with Gasteiger partial charge >= 0.3 is 0 Å². The third-order valence-electron chi connectivity index (χ3n) is 3.53. The molecule has 0 fully saturated rings. The number of carbonyl (C=O) groups is 1. The van der Waals surface area contributed by atoms with Crippen LogP contribution in [0.15, 0.2) is 18.2 Å². The average molecular weight is 308 g/mol. The Kier molecular flexibility index (Phi) is 3.71. The topological polar surface area (TPSA) is 42.0 Å². The minimum atomic E-state index is -0.771. The summed E-state index contributed by atoms with van der Waals surface area (Å²) < 4.78 is 26.2. The maximum atomic E-state index is 13.1. The number of hydrogen-bond donors (Lipinski definition) is 1. The second-order valence-corrected chi connectivity index (χ2v) is 6.43. The summed E-state index contributed by atoms with van der Waals surface area (Å²) in [6, 6.07) is 2.75. The van der Waals surface area contributed by atoms with Crippen molar-refractivity contribution in [2.24, 2.45) is 5.92 Å². The summed E-state index contributed by atoms with van der Waals surface area (Å²) >= 11 is 1.44. The summed E-state index contributed by atoms with van der Waals surface area (Å²) in [6.07, 6.45) is 2.98. The molecule has 21 heavy (non-hydrogen) atoms. The molecule has 0 radical (unpaired) electrons. The lowest BCUT2D eigenvalue weighted by atomic mass is 9.93. The molecule has 1 heterocycles. The quantitative estimate of drug-likeness (QED) is 0.917. The number of nitrogens with zero attached hydrogens (tertiary/aromatic N) is 1. The molecule has 0 spiro atoms. The number of aryl methyl sites for hydroxylation is 1. The van der Waals surface area contributed by atoms with E-state index in [0.29, 0.717) is 11.0 Å².